The molecule has 186 valence electrons. The first-order chi connectivity index (χ1) is 17.5. The van der Waals surface area contributed by atoms with Crippen molar-refractivity contribution in [1.82, 2.24) is 15.0 Å². The van der Waals surface area contributed by atoms with Gasteiger partial charge in [0.2, 0.25) is 17.8 Å². The number of benzene rings is 3. The Hall–Kier alpha value is -4.53. The van der Waals surface area contributed by atoms with Crippen LogP contribution in [0.3, 0.4) is 0 Å². The second-order valence-electron chi connectivity index (χ2n) is 8.34. The molecule has 0 aliphatic rings. The van der Waals surface area contributed by atoms with Gasteiger partial charge in [0.25, 0.3) is 0 Å². The molecule has 0 spiro atoms. The van der Waals surface area contributed by atoms with Crippen LogP contribution in [-0.2, 0) is 19.3 Å². The first-order valence-electron chi connectivity index (χ1n) is 11.8. The van der Waals surface area contributed by atoms with Crippen LogP contribution in [0, 0.1) is 0 Å². The molecule has 9 heteroatoms. The summed E-state index contributed by atoms with van der Waals surface area (Å²) in [7, 11) is 0. The Balaban J connectivity index is 1.37. The van der Waals surface area contributed by atoms with E-state index in [1.807, 2.05) is 36.4 Å². The smallest absolute Gasteiger partial charge is 0.229 e. The maximum absolute atomic E-state index is 9.45. The van der Waals surface area contributed by atoms with Gasteiger partial charge in [-0.05, 0) is 72.4 Å². The third-order valence-corrected chi connectivity index (χ3v) is 5.53. The van der Waals surface area contributed by atoms with Crippen molar-refractivity contribution in [1.29, 1.82) is 0 Å². The van der Waals surface area contributed by atoms with Gasteiger partial charge in [-0.25, -0.2) is 0 Å². The molecule has 0 atom stereocenters. The van der Waals surface area contributed by atoms with E-state index in [0.29, 0.717) is 37.5 Å². The van der Waals surface area contributed by atoms with Crippen molar-refractivity contribution in [3.63, 3.8) is 0 Å². The van der Waals surface area contributed by atoms with Crippen molar-refractivity contribution in [3.05, 3.63) is 89.5 Å². The summed E-state index contributed by atoms with van der Waals surface area (Å²) in [5, 5.41) is 38.1. The molecule has 0 fully saturated rings. The maximum Gasteiger partial charge on any atom is 0.229 e. The topological polar surface area (TPSA) is 135 Å². The molecule has 0 bridgehead atoms. The molecule has 4 aromatic rings. The SMILES string of the molecule is Oc1ccc(CCNc2nc(NCCc3ccc(O)cc3)nc(NCCc3ccc(O)cc3)n2)cc1. The van der Waals surface area contributed by atoms with Crippen LogP contribution in [0.4, 0.5) is 17.8 Å². The van der Waals surface area contributed by atoms with Crippen LogP contribution in [0.2, 0.25) is 0 Å². The lowest BCUT2D eigenvalue weighted by molar-refractivity contribution is 0.474. The van der Waals surface area contributed by atoms with Gasteiger partial charge in [0.15, 0.2) is 0 Å². The van der Waals surface area contributed by atoms with Crippen LogP contribution in [0.1, 0.15) is 16.7 Å². The molecular formula is C27H30N6O3. The Morgan fingerprint density at radius 1 is 0.417 bits per heavy atom. The third-order valence-electron chi connectivity index (χ3n) is 5.53. The quantitative estimate of drug-likeness (QED) is 0.176. The summed E-state index contributed by atoms with van der Waals surface area (Å²) in [6.45, 7) is 1.86. The van der Waals surface area contributed by atoms with Gasteiger partial charge in [-0.1, -0.05) is 36.4 Å². The third kappa shape index (κ3) is 7.76. The molecule has 4 rings (SSSR count). The molecule has 1 heterocycles. The number of hydrogen-bond acceptors (Lipinski definition) is 9. The fourth-order valence-corrected chi connectivity index (χ4v) is 3.56. The largest absolute Gasteiger partial charge is 0.508 e. The second-order valence-corrected chi connectivity index (χ2v) is 8.34. The summed E-state index contributed by atoms with van der Waals surface area (Å²) in [5.74, 6) is 2.12. The molecule has 0 saturated carbocycles. The van der Waals surface area contributed by atoms with Crippen molar-refractivity contribution >= 4 is 17.8 Å². The number of phenolic OH excluding ortho intramolecular Hbond substituents is 3. The zero-order chi connectivity index (χ0) is 25.2. The lowest BCUT2D eigenvalue weighted by Gasteiger charge is -2.12. The Bertz CT molecular complexity index is 1060. The van der Waals surface area contributed by atoms with Gasteiger partial charge in [-0.15, -0.1) is 0 Å². The highest BCUT2D eigenvalue weighted by atomic mass is 16.3. The fourth-order valence-electron chi connectivity index (χ4n) is 3.56. The second kappa shape index (κ2) is 12.3. The van der Waals surface area contributed by atoms with Crippen LogP contribution in [0.5, 0.6) is 17.2 Å². The summed E-state index contributed by atoms with van der Waals surface area (Å²) < 4.78 is 0. The molecule has 0 aliphatic carbocycles. The van der Waals surface area contributed by atoms with Gasteiger partial charge in [0.1, 0.15) is 17.2 Å². The van der Waals surface area contributed by atoms with Gasteiger partial charge >= 0.3 is 0 Å². The van der Waals surface area contributed by atoms with E-state index in [-0.39, 0.29) is 17.2 Å². The molecule has 0 saturated heterocycles. The van der Waals surface area contributed by atoms with Crippen molar-refractivity contribution in [2.45, 2.75) is 19.3 Å². The molecule has 0 radical (unpaired) electrons. The normalized spacial score (nSPS) is 10.7. The fraction of sp³-hybridized carbons (Fsp3) is 0.222. The van der Waals surface area contributed by atoms with E-state index in [9.17, 15) is 15.3 Å². The predicted molar refractivity (Wildman–Crippen MR) is 141 cm³/mol. The number of nitrogens with one attached hydrogen (secondary N) is 3. The Morgan fingerprint density at radius 2 is 0.667 bits per heavy atom. The van der Waals surface area contributed by atoms with Crippen molar-refractivity contribution in [2.24, 2.45) is 0 Å². The molecule has 0 unspecified atom stereocenters. The lowest BCUT2D eigenvalue weighted by atomic mass is 10.1. The van der Waals surface area contributed by atoms with Gasteiger partial charge < -0.3 is 31.3 Å². The molecule has 36 heavy (non-hydrogen) atoms. The summed E-state index contributed by atoms with van der Waals surface area (Å²) in [5.41, 5.74) is 3.27. The van der Waals surface area contributed by atoms with Crippen LogP contribution in [-0.4, -0.2) is 49.9 Å². The first-order valence-corrected chi connectivity index (χ1v) is 11.8. The number of hydrogen-bond donors (Lipinski definition) is 6. The molecule has 9 nitrogen and oxygen atoms in total. The van der Waals surface area contributed by atoms with Crippen LogP contribution < -0.4 is 16.0 Å². The first kappa shape index (κ1) is 24.6. The van der Waals surface area contributed by atoms with Crippen molar-refractivity contribution in [2.75, 3.05) is 35.6 Å². The highest BCUT2D eigenvalue weighted by molar-refractivity contribution is 5.43. The number of aromatic nitrogens is 3. The average molecular weight is 487 g/mol. The van der Waals surface area contributed by atoms with Crippen LogP contribution in [0.15, 0.2) is 72.8 Å². The summed E-state index contributed by atoms with van der Waals surface area (Å²) >= 11 is 0. The molecule has 1 aromatic heterocycles. The molecular weight excluding hydrogens is 456 g/mol. The minimum Gasteiger partial charge on any atom is -0.508 e. The van der Waals surface area contributed by atoms with E-state index in [2.05, 4.69) is 30.9 Å². The lowest BCUT2D eigenvalue weighted by Crippen LogP contribution is -2.16. The molecule has 3 aromatic carbocycles. The van der Waals surface area contributed by atoms with E-state index >= 15 is 0 Å². The van der Waals surface area contributed by atoms with E-state index in [1.165, 1.54) is 0 Å². The monoisotopic (exact) mass is 486 g/mol. The Morgan fingerprint density at radius 3 is 0.917 bits per heavy atom. The number of nitrogens with zero attached hydrogens (tertiary/aromatic N) is 3. The van der Waals surface area contributed by atoms with E-state index < -0.39 is 0 Å². The summed E-state index contributed by atoms with van der Waals surface area (Å²) in [6.07, 6.45) is 2.25. The molecule has 0 amide bonds. The summed E-state index contributed by atoms with van der Waals surface area (Å²) in [6, 6.07) is 21.3. The highest BCUT2D eigenvalue weighted by Crippen LogP contribution is 2.14. The van der Waals surface area contributed by atoms with Crippen molar-refractivity contribution < 1.29 is 15.3 Å². The van der Waals surface area contributed by atoms with Gasteiger partial charge in [0, 0.05) is 19.6 Å². The van der Waals surface area contributed by atoms with E-state index in [4.69, 9.17) is 0 Å². The Labute approximate surface area is 209 Å². The zero-order valence-electron chi connectivity index (χ0n) is 19.9. The van der Waals surface area contributed by atoms with Gasteiger partial charge in [-0.2, -0.15) is 15.0 Å². The molecule has 6 N–H and O–H groups in total. The van der Waals surface area contributed by atoms with E-state index in [1.54, 1.807) is 36.4 Å². The average Bonchev–Trinajstić information content (AvgIpc) is 2.88. The van der Waals surface area contributed by atoms with Crippen LogP contribution in [0.25, 0.3) is 0 Å². The van der Waals surface area contributed by atoms with Crippen molar-refractivity contribution in [3.8, 4) is 17.2 Å². The number of phenols is 3. The van der Waals surface area contributed by atoms with Gasteiger partial charge in [-0.3, -0.25) is 0 Å². The maximum atomic E-state index is 9.45. The highest BCUT2D eigenvalue weighted by Gasteiger charge is 2.07. The number of rotatable bonds is 12. The molecule has 0 aliphatic heterocycles. The minimum absolute atomic E-state index is 0.246. The summed E-state index contributed by atoms with van der Waals surface area (Å²) in [4.78, 5) is 13.5. The van der Waals surface area contributed by atoms with Crippen LogP contribution >= 0.6 is 0 Å². The Kier molecular flexibility index (Phi) is 8.37. The van der Waals surface area contributed by atoms with E-state index in [0.717, 1.165) is 36.0 Å². The minimum atomic E-state index is 0.246. The van der Waals surface area contributed by atoms with Gasteiger partial charge in [0.05, 0.1) is 0 Å². The number of aromatic hydroxyl groups is 3. The predicted octanol–water partition coefficient (Wildman–Crippen LogP) is 3.95. The zero-order valence-corrected chi connectivity index (χ0v) is 19.9. The number of anilines is 3. The standard InChI is InChI=1S/C27H30N6O3/c34-22-7-1-19(2-8-22)13-16-28-25-31-26(29-17-14-20-3-9-23(35)10-4-20)33-27(32-25)30-18-15-21-5-11-24(36)12-6-21/h1-12,34-36H,13-18H2,(H3,28,29,30,31,32,33).